The molecule has 1 rings (SSSR count). The molecule has 0 radical (unpaired) electrons. The highest BCUT2D eigenvalue weighted by molar-refractivity contribution is 5.15. The van der Waals surface area contributed by atoms with Gasteiger partial charge in [0, 0.05) is 31.3 Å². The summed E-state index contributed by atoms with van der Waals surface area (Å²) in [6, 6.07) is 0. The summed E-state index contributed by atoms with van der Waals surface area (Å²) in [5.74, 6) is 0. The van der Waals surface area contributed by atoms with Crippen LogP contribution in [0.5, 0.6) is 0 Å². The fourth-order valence-corrected chi connectivity index (χ4v) is 1.21. The summed E-state index contributed by atoms with van der Waals surface area (Å²) in [4.78, 5) is 11.3. The zero-order valence-corrected chi connectivity index (χ0v) is 7.77. The van der Waals surface area contributed by atoms with Crippen LogP contribution in [0.25, 0.3) is 0 Å². The Hall–Kier alpha value is -1.03. The topological polar surface area (TPSA) is 49.8 Å². The van der Waals surface area contributed by atoms with Crippen LogP contribution in [-0.4, -0.2) is 23.4 Å². The van der Waals surface area contributed by atoms with Crippen LogP contribution < -0.4 is 10.9 Å². The van der Waals surface area contributed by atoms with Crippen LogP contribution in [0.15, 0.2) is 4.79 Å². The lowest BCUT2D eigenvalue weighted by molar-refractivity contribution is 0.702. The summed E-state index contributed by atoms with van der Waals surface area (Å²) < 4.78 is 1.51. The van der Waals surface area contributed by atoms with E-state index in [-0.39, 0.29) is 5.56 Å². The van der Waals surface area contributed by atoms with E-state index in [9.17, 15) is 4.79 Å². The molecule has 0 atom stereocenters. The van der Waals surface area contributed by atoms with Crippen LogP contribution in [-0.2, 0) is 13.5 Å². The van der Waals surface area contributed by atoms with E-state index in [1.54, 1.807) is 7.05 Å². The van der Waals surface area contributed by atoms with Crippen molar-refractivity contribution >= 4 is 0 Å². The first-order valence-corrected chi connectivity index (χ1v) is 4.06. The minimum atomic E-state index is 0.0705. The lowest BCUT2D eigenvalue weighted by Crippen LogP contribution is -2.13. The van der Waals surface area contributed by atoms with Crippen LogP contribution in [0.3, 0.4) is 0 Å². The molecular formula is C8H15N3O. The molecule has 0 aliphatic rings. The fourth-order valence-electron chi connectivity index (χ4n) is 1.21. The summed E-state index contributed by atoms with van der Waals surface area (Å²) in [5.41, 5.74) is 1.92. The lowest BCUT2D eigenvalue weighted by atomic mass is 10.2. The van der Waals surface area contributed by atoms with E-state index in [1.165, 1.54) is 4.68 Å². The van der Waals surface area contributed by atoms with E-state index in [2.05, 4.69) is 10.4 Å². The maximum absolute atomic E-state index is 11.3. The Morgan fingerprint density at radius 3 is 2.67 bits per heavy atom. The molecule has 0 saturated heterocycles. The van der Waals surface area contributed by atoms with Crippen LogP contribution >= 0.6 is 0 Å². The molecule has 0 aliphatic heterocycles. The predicted octanol–water partition coefficient (Wildman–Crippen LogP) is -0.216. The second-order valence-corrected chi connectivity index (χ2v) is 2.93. The Bertz CT molecular complexity index is 311. The quantitative estimate of drug-likeness (QED) is 0.657. The number of hydrogen-bond acceptors (Lipinski definition) is 2. The van der Waals surface area contributed by atoms with Gasteiger partial charge >= 0.3 is 0 Å². The summed E-state index contributed by atoms with van der Waals surface area (Å²) >= 11 is 0. The van der Waals surface area contributed by atoms with E-state index in [0.717, 1.165) is 24.2 Å². The largest absolute Gasteiger partial charge is 0.319 e. The number of nitrogens with one attached hydrogen (secondary N) is 2. The van der Waals surface area contributed by atoms with Gasteiger partial charge in [0.2, 0.25) is 0 Å². The molecule has 0 aromatic carbocycles. The molecule has 4 heteroatoms. The molecule has 12 heavy (non-hydrogen) atoms. The molecule has 0 amide bonds. The number of likely N-dealkylation sites (N-methyl/N-ethyl adjacent to an activating group) is 1. The van der Waals surface area contributed by atoms with Crippen molar-refractivity contribution in [1.82, 2.24) is 15.1 Å². The van der Waals surface area contributed by atoms with Gasteiger partial charge in [0.1, 0.15) is 0 Å². The van der Waals surface area contributed by atoms with Crippen molar-refractivity contribution < 1.29 is 0 Å². The van der Waals surface area contributed by atoms with Crippen molar-refractivity contribution in [3.63, 3.8) is 0 Å². The average Bonchev–Trinajstić information content (AvgIpc) is 2.30. The molecule has 4 nitrogen and oxygen atoms in total. The van der Waals surface area contributed by atoms with E-state index < -0.39 is 0 Å². The maximum atomic E-state index is 11.3. The number of aromatic nitrogens is 2. The number of aryl methyl sites for hydroxylation is 1. The van der Waals surface area contributed by atoms with Gasteiger partial charge in [-0.1, -0.05) is 0 Å². The van der Waals surface area contributed by atoms with E-state index in [1.807, 2.05) is 14.0 Å². The Kier molecular flexibility index (Phi) is 2.70. The first-order chi connectivity index (χ1) is 5.66. The van der Waals surface area contributed by atoms with Crippen LogP contribution in [0.1, 0.15) is 11.3 Å². The van der Waals surface area contributed by atoms with E-state index in [4.69, 9.17) is 0 Å². The third kappa shape index (κ3) is 1.58. The number of hydrogen-bond donors (Lipinski definition) is 2. The Morgan fingerprint density at radius 1 is 1.58 bits per heavy atom. The van der Waals surface area contributed by atoms with E-state index in [0.29, 0.717) is 0 Å². The molecule has 1 aromatic heterocycles. The molecule has 0 unspecified atom stereocenters. The van der Waals surface area contributed by atoms with Gasteiger partial charge in [0.25, 0.3) is 5.56 Å². The molecule has 0 saturated carbocycles. The van der Waals surface area contributed by atoms with Crippen LogP contribution in [0, 0.1) is 6.92 Å². The summed E-state index contributed by atoms with van der Waals surface area (Å²) in [7, 11) is 3.63. The van der Waals surface area contributed by atoms with Gasteiger partial charge in [-0.15, -0.1) is 0 Å². The zero-order chi connectivity index (χ0) is 9.14. The number of aromatic amines is 1. The molecule has 0 aliphatic carbocycles. The van der Waals surface area contributed by atoms with Gasteiger partial charge in [-0.25, -0.2) is 0 Å². The van der Waals surface area contributed by atoms with Crippen LogP contribution in [0.4, 0.5) is 0 Å². The predicted molar refractivity (Wildman–Crippen MR) is 48.4 cm³/mol. The summed E-state index contributed by atoms with van der Waals surface area (Å²) in [5, 5.41) is 6.05. The zero-order valence-electron chi connectivity index (χ0n) is 7.77. The molecule has 1 aromatic rings. The van der Waals surface area contributed by atoms with E-state index >= 15 is 0 Å². The van der Waals surface area contributed by atoms with Gasteiger partial charge in [-0.3, -0.25) is 14.6 Å². The van der Waals surface area contributed by atoms with Crippen molar-refractivity contribution in [2.75, 3.05) is 13.6 Å². The maximum Gasteiger partial charge on any atom is 0.269 e. The van der Waals surface area contributed by atoms with Crippen molar-refractivity contribution in [2.45, 2.75) is 13.3 Å². The smallest absolute Gasteiger partial charge is 0.269 e. The van der Waals surface area contributed by atoms with Gasteiger partial charge in [0.05, 0.1) is 0 Å². The van der Waals surface area contributed by atoms with Crippen molar-refractivity contribution in [2.24, 2.45) is 7.05 Å². The highest BCUT2D eigenvalue weighted by Crippen LogP contribution is 1.98. The Labute approximate surface area is 71.6 Å². The second-order valence-electron chi connectivity index (χ2n) is 2.93. The van der Waals surface area contributed by atoms with Crippen molar-refractivity contribution in [3.05, 3.63) is 21.6 Å². The molecule has 0 spiro atoms. The molecule has 68 valence electrons. The number of nitrogens with zero attached hydrogens (tertiary/aromatic N) is 1. The lowest BCUT2D eigenvalue weighted by Gasteiger charge is -1.96. The fraction of sp³-hybridized carbons (Fsp3) is 0.625. The number of H-pyrrole nitrogens is 1. The second kappa shape index (κ2) is 3.58. The van der Waals surface area contributed by atoms with Gasteiger partial charge in [-0.05, 0) is 14.0 Å². The SMILES string of the molecule is CNCCc1[nH]n(C)c(=O)c1C. The van der Waals surface area contributed by atoms with Crippen molar-refractivity contribution in [3.8, 4) is 0 Å². The molecular weight excluding hydrogens is 154 g/mol. The monoisotopic (exact) mass is 169 g/mol. The third-order valence-corrected chi connectivity index (χ3v) is 2.01. The first kappa shape index (κ1) is 9.06. The van der Waals surface area contributed by atoms with Crippen LogP contribution in [0.2, 0.25) is 0 Å². The third-order valence-electron chi connectivity index (χ3n) is 2.01. The Morgan fingerprint density at radius 2 is 2.25 bits per heavy atom. The standard InChI is InChI=1S/C8H15N3O/c1-6-7(4-5-9-2)10-11(3)8(6)12/h9-10H,4-5H2,1-3H3. The molecule has 2 N–H and O–H groups in total. The highest BCUT2D eigenvalue weighted by atomic mass is 16.1. The minimum Gasteiger partial charge on any atom is -0.319 e. The normalized spacial score (nSPS) is 10.6. The molecule has 0 bridgehead atoms. The average molecular weight is 169 g/mol. The molecule has 0 fully saturated rings. The highest BCUT2D eigenvalue weighted by Gasteiger charge is 2.05. The first-order valence-electron chi connectivity index (χ1n) is 4.06. The van der Waals surface area contributed by atoms with Gasteiger partial charge in [0.15, 0.2) is 0 Å². The summed E-state index contributed by atoms with van der Waals surface area (Å²) in [6.07, 6.45) is 0.873. The molecule has 1 heterocycles. The number of rotatable bonds is 3. The van der Waals surface area contributed by atoms with Gasteiger partial charge in [-0.2, -0.15) is 0 Å². The van der Waals surface area contributed by atoms with Crippen molar-refractivity contribution in [1.29, 1.82) is 0 Å². The minimum absolute atomic E-state index is 0.0705. The Balaban J connectivity index is 2.86. The van der Waals surface area contributed by atoms with Gasteiger partial charge < -0.3 is 5.32 Å². The summed E-state index contributed by atoms with van der Waals surface area (Å²) in [6.45, 7) is 2.74.